The van der Waals surface area contributed by atoms with Crippen molar-refractivity contribution >= 4 is 0 Å². The largest absolute Gasteiger partial charge is 0.315 e. The summed E-state index contributed by atoms with van der Waals surface area (Å²) in [5.41, 5.74) is 0. The monoisotopic (exact) mass is 168 g/mol. The van der Waals surface area contributed by atoms with Gasteiger partial charge in [-0.15, -0.1) is 0 Å². The average molecular weight is 168 g/mol. The van der Waals surface area contributed by atoms with Crippen LogP contribution in [-0.2, 0) is 0 Å². The van der Waals surface area contributed by atoms with Crippen LogP contribution in [0.15, 0.2) is 0 Å². The van der Waals surface area contributed by atoms with Gasteiger partial charge < -0.3 is 5.32 Å². The lowest BCUT2D eigenvalue weighted by Gasteiger charge is -2.34. The van der Waals surface area contributed by atoms with E-state index in [4.69, 9.17) is 0 Å². The lowest BCUT2D eigenvalue weighted by Crippen LogP contribution is -2.42. The van der Waals surface area contributed by atoms with Crippen LogP contribution in [0.5, 0.6) is 0 Å². The second-order valence-corrected chi connectivity index (χ2v) is 4.37. The molecule has 1 N–H and O–H groups in total. The molecule has 0 amide bonds. The molecule has 0 aliphatic carbocycles. The van der Waals surface area contributed by atoms with Gasteiger partial charge in [0.2, 0.25) is 0 Å². The van der Waals surface area contributed by atoms with Gasteiger partial charge in [-0.2, -0.15) is 0 Å². The summed E-state index contributed by atoms with van der Waals surface area (Å²) >= 11 is 0. The van der Waals surface area contributed by atoms with Gasteiger partial charge in [-0.25, -0.2) is 0 Å². The molecule has 0 radical (unpaired) electrons. The molecular weight excluding hydrogens is 148 g/mol. The average Bonchev–Trinajstić information content (AvgIpc) is 2.58. The summed E-state index contributed by atoms with van der Waals surface area (Å²) < 4.78 is 0. The van der Waals surface area contributed by atoms with Crippen molar-refractivity contribution in [3.63, 3.8) is 0 Å². The van der Waals surface area contributed by atoms with Gasteiger partial charge in [0.1, 0.15) is 0 Å². The first-order valence-electron chi connectivity index (χ1n) is 5.31. The van der Waals surface area contributed by atoms with Crippen molar-refractivity contribution < 1.29 is 0 Å². The standard InChI is InChI=1S/C10H20N2/c1-9-3-6-12(7-4-9)10-2-5-11-8-10/h9-11H,2-8H2,1H3/t10-/m0/s1. The quantitative estimate of drug-likeness (QED) is 0.630. The molecule has 70 valence electrons. The van der Waals surface area contributed by atoms with Crippen LogP contribution in [0.3, 0.4) is 0 Å². The maximum Gasteiger partial charge on any atom is 0.0232 e. The predicted octanol–water partition coefficient (Wildman–Crippen LogP) is 1.08. The lowest BCUT2D eigenvalue weighted by molar-refractivity contribution is 0.146. The van der Waals surface area contributed by atoms with E-state index in [1.165, 1.54) is 45.4 Å². The van der Waals surface area contributed by atoms with E-state index in [9.17, 15) is 0 Å². The van der Waals surface area contributed by atoms with Crippen molar-refractivity contribution in [2.75, 3.05) is 26.2 Å². The Morgan fingerprint density at radius 1 is 1.17 bits per heavy atom. The van der Waals surface area contributed by atoms with E-state index in [0.717, 1.165) is 12.0 Å². The highest BCUT2D eigenvalue weighted by atomic mass is 15.2. The van der Waals surface area contributed by atoms with E-state index in [1.54, 1.807) is 0 Å². The topological polar surface area (TPSA) is 15.3 Å². The zero-order valence-corrected chi connectivity index (χ0v) is 8.05. The first-order valence-corrected chi connectivity index (χ1v) is 5.31. The molecule has 0 bridgehead atoms. The molecular formula is C10H20N2. The van der Waals surface area contributed by atoms with Crippen LogP contribution in [0, 0.1) is 5.92 Å². The van der Waals surface area contributed by atoms with E-state index in [2.05, 4.69) is 17.1 Å². The minimum absolute atomic E-state index is 0.859. The molecule has 2 nitrogen and oxygen atoms in total. The van der Waals surface area contributed by atoms with Crippen molar-refractivity contribution in [1.82, 2.24) is 10.2 Å². The molecule has 2 aliphatic heterocycles. The molecule has 0 aromatic rings. The summed E-state index contributed by atoms with van der Waals surface area (Å²) in [6, 6.07) is 0.859. The molecule has 0 aromatic heterocycles. The van der Waals surface area contributed by atoms with Crippen LogP contribution in [-0.4, -0.2) is 37.1 Å². The third-order valence-corrected chi connectivity index (χ3v) is 3.37. The highest BCUT2D eigenvalue weighted by Gasteiger charge is 2.25. The van der Waals surface area contributed by atoms with Crippen LogP contribution in [0.4, 0.5) is 0 Å². The first kappa shape index (κ1) is 8.52. The van der Waals surface area contributed by atoms with E-state index in [1.807, 2.05) is 0 Å². The van der Waals surface area contributed by atoms with Gasteiger partial charge in [-0.1, -0.05) is 6.92 Å². The summed E-state index contributed by atoms with van der Waals surface area (Å²) in [5, 5.41) is 3.44. The normalized spacial score (nSPS) is 34.2. The van der Waals surface area contributed by atoms with E-state index in [-0.39, 0.29) is 0 Å². The molecule has 2 fully saturated rings. The summed E-state index contributed by atoms with van der Waals surface area (Å²) in [6.45, 7) is 7.52. The highest BCUT2D eigenvalue weighted by Crippen LogP contribution is 2.20. The Bertz CT molecular complexity index is 133. The number of likely N-dealkylation sites (tertiary alicyclic amines) is 1. The fourth-order valence-electron chi connectivity index (χ4n) is 2.34. The van der Waals surface area contributed by atoms with Crippen molar-refractivity contribution in [2.24, 2.45) is 5.92 Å². The summed E-state index contributed by atoms with van der Waals surface area (Å²) in [6.07, 6.45) is 4.20. The van der Waals surface area contributed by atoms with Gasteiger partial charge in [0.25, 0.3) is 0 Å². The maximum atomic E-state index is 3.44. The van der Waals surface area contributed by atoms with E-state index < -0.39 is 0 Å². The fraction of sp³-hybridized carbons (Fsp3) is 1.00. The minimum Gasteiger partial charge on any atom is -0.315 e. The summed E-state index contributed by atoms with van der Waals surface area (Å²) in [7, 11) is 0. The Labute approximate surface area is 75.3 Å². The number of rotatable bonds is 1. The second-order valence-electron chi connectivity index (χ2n) is 4.37. The SMILES string of the molecule is CC1CCN([C@H]2CCNC2)CC1. The first-order chi connectivity index (χ1) is 5.86. The summed E-state index contributed by atoms with van der Waals surface area (Å²) in [5.74, 6) is 0.968. The Morgan fingerprint density at radius 2 is 1.92 bits per heavy atom. The van der Waals surface area contributed by atoms with Crippen molar-refractivity contribution in [3.05, 3.63) is 0 Å². The van der Waals surface area contributed by atoms with Gasteiger partial charge in [0.05, 0.1) is 0 Å². The summed E-state index contributed by atoms with van der Waals surface area (Å²) in [4.78, 5) is 2.68. The van der Waals surface area contributed by atoms with Gasteiger partial charge in [0.15, 0.2) is 0 Å². The van der Waals surface area contributed by atoms with Crippen LogP contribution >= 0.6 is 0 Å². The molecule has 2 aliphatic rings. The molecule has 0 saturated carbocycles. The Morgan fingerprint density at radius 3 is 2.50 bits per heavy atom. The van der Waals surface area contributed by atoms with Gasteiger partial charge >= 0.3 is 0 Å². The second kappa shape index (κ2) is 3.75. The Hall–Kier alpha value is -0.0800. The molecule has 2 heteroatoms. The maximum absolute atomic E-state index is 3.44. The van der Waals surface area contributed by atoms with E-state index in [0.29, 0.717) is 0 Å². The highest BCUT2D eigenvalue weighted by molar-refractivity contribution is 4.83. The molecule has 0 aromatic carbocycles. The fourth-order valence-corrected chi connectivity index (χ4v) is 2.34. The molecule has 12 heavy (non-hydrogen) atoms. The zero-order chi connectivity index (χ0) is 8.39. The van der Waals surface area contributed by atoms with Crippen LogP contribution in [0.25, 0.3) is 0 Å². The van der Waals surface area contributed by atoms with Crippen molar-refractivity contribution in [2.45, 2.75) is 32.2 Å². The number of nitrogens with zero attached hydrogens (tertiary/aromatic N) is 1. The number of hydrogen-bond donors (Lipinski definition) is 1. The van der Waals surface area contributed by atoms with Gasteiger partial charge in [-0.05, 0) is 44.8 Å². The third-order valence-electron chi connectivity index (χ3n) is 3.37. The van der Waals surface area contributed by atoms with Gasteiger partial charge in [-0.3, -0.25) is 4.90 Å². The minimum atomic E-state index is 0.859. The number of nitrogens with one attached hydrogen (secondary N) is 1. The predicted molar refractivity (Wildman–Crippen MR) is 51.2 cm³/mol. The zero-order valence-electron chi connectivity index (χ0n) is 8.05. The number of piperidine rings is 1. The van der Waals surface area contributed by atoms with Crippen LogP contribution < -0.4 is 5.32 Å². The third kappa shape index (κ3) is 1.80. The number of hydrogen-bond acceptors (Lipinski definition) is 2. The van der Waals surface area contributed by atoms with Crippen molar-refractivity contribution in [3.8, 4) is 0 Å². The molecule has 2 heterocycles. The van der Waals surface area contributed by atoms with Crippen LogP contribution in [0.2, 0.25) is 0 Å². The molecule has 0 spiro atoms. The smallest absolute Gasteiger partial charge is 0.0232 e. The molecule has 1 atom stereocenters. The molecule has 2 rings (SSSR count). The molecule has 2 saturated heterocycles. The van der Waals surface area contributed by atoms with Crippen LogP contribution in [0.1, 0.15) is 26.2 Å². The molecule has 0 unspecified atom stereocenters. The Kier molecular flexibility index (Phi) is 2.66. The Balaban J connectivity index is 1.80. The van der Waals surface area contributed by atoms with Crippen molar-refractivity contribution in [1.29, 1.82) is 0 Å². The van der Waals surface area contributed by atoms with Gasteiger partial charge in [0, 0.05) is 12.6 Å². The van der Waals surface area contributed by atoms with E-state index >= 15 is 0 Å². The lowest BCUT2D eigenvalue weighted by atomic mass is 9.98.